The van der Waals surface area contributed by atoms with Gasteiger partial charge in [-0.15, -0.1) is 0 Å². The van der Waals surface area contributed by atoms with Crippen LogP contribution in [0.3, 0.4) is 0 Å². The van der Waals surface area contributed by atoms with E-state index in [0.29, 0.717) is 6.61 Å². The van der Waals surface area contributed by atoms with Crippen LogP contribution in [0.5, 0.6) is 0 Å². The summed E-state index contributed by atoms with van der Waals surface area (Å²) in [6.45, 7) is 11.7. The Morgan fingerprint density at radius 1 is 1.44 bits per heavy atom. The first kappa shape index (κ1) is 13.8. The normalized spacial score (nSPS) is 31.6. The molecule has 0 radical (unpaired) electrons. The summed E-state index contributed by atoms with van der Waals surface area (Å²) in [6, 6.07) is 0. The molecular formula is C14H24O3Si. The van der Waals surface area contributed by atoms with Gasteiger partial charge in [-0.3, -0.25) is 4.79 Å². The first-order valence-electron chi connectivity index (χ1n) is 6.73. The lowest BCUT2D eigenvalue weighted by atomic mass is 9.94. The molecule has 0 aromatic rings. The van der Waals surface area contributed by atoms with Crippen LogP contribution in [-0.2, 0) is 14.0 Å². The Hall–Kier alpha value is -0.613. The number of esters is 1. The minimum Gasteiger partial charge on any atom is -0.459 e. The molecule has 0 amide bonds. The molecule has 2 aliphatic rings. The van der Waals surface area contributed by atoms with Gasteiger partial charge in [0.25, 0.3) is 0 Å². The van der Waals surface area contributed by atoms with E-state index in [1.54, 1.807) is 0 Å². The molecule has 102 valence electrons. The van der Waals surface area contributed by atoms with Crippen LogP contribution in [-0.4, -0.2) is 27.0 Å². The van der Waals surface area contributed by atoms with Crippen molar-refractivity contribution in [3.63, 3.8) is 0 Å². The minimum atomic E-state index is -1.75. The lowest BCUT2D eigenvalue weighted by molar-refractivity contribution is -0.145. The van der Waals surface area contributed by atoms with Crippen molar-refractivity contribution < 1.29 is 14.0 Å². The molecule has 0 aromatic heterocycles. The van der Waals surface area contributed by atoms with E-state index in [1.807, 2.05) is 0 Å². The maximum Gasteiger partial charge on any atom is 0.310 e. The van der Waals surface area contributed by atoms with Gasteiger partial charge < -0.3 is 9.16 Å². The van der Waals surface area contributed by atoms with Gasteiger partial charge in [-0.05, 0) is 24.6 Å². The lowest BCUT2D eigenvalue weighted by Gasteiger charge is -2.37. The van der Waals surface area contributed by atoms with Crippen molar-refractivity contribution in [2.45, 2.75) is 51.4 Å². The zero-order valence-corrected chi connectivity index (χ0v) is 13.0. The lowest BCUT2D eigenvalue weighted by Crippen LogP contribution is -2.43. The van der Waals surface area contributed by atoms with Gasteiger partial charge in [0, 0.05) is 5.92 Å². The van der Waals surface area contributed by atoms with E-state index in [2.05, 4.69) is 46.0 Å². The zero-order chi connectivity index (χ0) is 13.6. The zero-order valence-electron chi connectivity index (χ0n) is 12.0. The summed E-state index contributed by atoms with van der Waals surface area (Å²) in [5.74, 6) is 0.245. The summed E-state index contributed by atoms with van der Waals surface area (Å²) >= 11 is 0. The molecule has 2 rings (SSSR count). The highest BCUT2D eigenvalue weighted by Gasteiger charge is 2.46. The fraction of sp³-hybridized carbons (Fsp3) is 0.786. The number of ether oxygens (including phenoxy) is 1. The van der Waals surface area contributed by atoms with Crippen LogP contribution in [0.15, 0.2) is 12.2 Å². The quantitative estimate of drug-likeness (QED) is 0.448. The Morgan fingerprint density at radius 2 is 2.11 bits per heavy atom. The highest BCUT2D eigenvalue weighted by atomic mass is 28.4. The van der Waals surface area contributed by atoms with Crippen molar-refractivity contribution in [3.05, 3.63) is 12.2 Å². The summed E-state index contributed by atoms with van der Waals surface area (Å²) in [6.07, 6.45) is 4.97. The number of cyclic esters (lactones) is 1. The topological polar surface area (TPSA) is 35.5 Å². The molecule has 1 saturated heterocycles. The molecule has 0 saturated carbocycles. The third kappa shape index (κ3) is 2.41. The molecule has 0 bridgehead atoms. The van der Waals surface area contributed by atoms with Crippen molar-refractivity contribution >= 4 is 14.3 Å². The van der Waals surface area contributed by atoms with Crippen molar-refractivity contribution in [2.24, 2.45) is 11.8 Å². The van der Waals surface area contributed by atoms with Gasteiger partial charge in [0.1, 0.15) is 6.10 Å². The molecule has 3 atom stereocenters. The van der Waals surface area contributed by atoms with Crippen molar-refractivity contribution in [2.75, 3.05) is 6.61 Å². The maximum atomic E-state index is 11.7. The van der Waals surface area contributed by atoms with Crippen molar-refractivity contribution in [1.82, 2.24) is 0 Å². The van der Waals surface area contributed by atoms with Crippen LogP contribution in [0.1, 0.15) is 27.2 Å². The molecule has 0 aromatic carbocycles. The van der Waals surface area contributed by atoms with E-state index in [1.165, 1.54) is 0 Å². The molecule has 3 nitrogen and oxygen atoms in total. The molecule has 1 heterocycles. The monoisotopic (exact) mass is 268 g/mol. The van der Waals surface area contributed by atoms with Gasteiger partial charge in [0.05, 0.1) is 12.5 Å². The predicted molar refractivity (Wildman–Crippen MR) is 73.8 cm³/mol. The minimum absolute atomic E-state index is 0.0474. The molecular weight excluding hydrogens is 244 g/mol. The number of allylic oxidation sites excluding steroid dienone is 1. The maximum absolute atomic E-state index is 11.7. The van der Waals surface area contributed by atoms with Crippen LogP contribution in [0.2, 0.25) is 18.1 Å². The van der Waals surface area contributed by atoms with E-state index >= 15 is 0 Å². The van der Waals surface area contributed by atoms with E-state index in [-0.39, 0.29) is 28.9 Å². The molecule has 0 spiro atoms. The van der Waals surface area contributed by atoms with Crippen LogP contribution < -0.4 is 0 Å². The number of carbonyl (C=O) groups excluding carboxylic acids is 1. The second-order valence-corrected chi connectivity index (χ2v) is 11.7. The summed E-state index contributed by atoms with van der Waals surface area (Å²) < 4.78 is 11.6. The Morgan fingerprint density at radius 3 is 2.72 bits per heavy atom. The van der Waals surface area contributed by atoms with Gasteiger partial charge in [-0.2, -0.15) is 0 Å². The molecule has 0 unspecified atom stereocenters. The number of hydrogen-bond donors (Lipinski definition) is 0. The third-order valence-electron chi connectivity index (χ3n) is 4.63. The largest absolute Gasteiger partial charge is 0.459 e. The molecule has 0 N–H and O–H groups in total. The molecule has 18 heavy (non-hydrogen) atoms. The van der Waals surface area contributed by atoms with E-state index in [4.69, 9.17) is 9.16 Å². The summed E-state index contributed by atoms with van der Waals surface area (Å²) in [5, 5.41) is 0.195. The second-order valence-electron chi connectivity index (χ2n) is 6.89. The van der Waals surface area contributed by atoms with E-state index in [9.17, 15) is 4.79 Å². The van der Waals surface area contributed by atoms with Gasteiger partial charge in [0.2, 0.25) is 0 Å². The molecule has 1 aliphatic carbocycles. The number of carbonyl (C=O) groups is 1. The van der Waals surface area contributed by atoms with Gasteiger partial charge >= 0.3 is 5.97 Å². The van der Waals surface area contributed by atoms with Crippen LogP contribution >= 0.6 is 0 Å². The Balaban J connectivity index is 1.95. The highest BCUT2D eigenvalue weighted by Crippen LogP contribution is 2.40. The second kappa shape index (κ2) is 4.49. The molecule has 1 fully saturated rings. The van der Waals surface area contributed by atoms with Gasteiger partial charge in [-0.1, -0.05) is 32.9 Å². The number of fused-ring (bicyclic) bond motifs is 1. The summed E-state index contributed by atoms with van der Waals surface area (Å²) in [7, 11) is -1.75. The summed E-state index contributed by atoms with van der Waals surface area (Å²) in [5.41, 5.74) is 0. The standard InChI is InChI=1S/C14H24O3Si/c1-14(2,3)18(4,5)16-9-12-10-7-6-8-11(10)13(15)17-12/h6-7,10-12H,8-9H2,1-5H3/t10-,11+,12+/m1/s1. The average Bonchev–Trinajstić information content (AvgIpc) is 2.79. The Kier molecular flexibility index (Phi) is 3.45. The third-order valence-corrected chi connectivity index (χ3v) is 9.13. The Labute approximate surface area is 111 Å². The summed E-state index contributed by atoms with van der Waals surface area (Å²) in [4.78, 5) is 11.7. The fourth-order valence-corrected chi connectivity index (χ4v) is 3.29. The first-order chi connectivity index (χ1) is 8.22. The van der Waals surface area contributed by atoms with Crippen LogP contribution in [0, 0.1) is 11.8 Å². The Bertz CT molecular complexity index is 368. The van der Waals surface area contributed by atoms with Crippen LogP contribution in [0.25, 0.3) is 0 Å². The smallest absolute Gasteiger partial charge is 0.310 e. The van der Waals surface area contributed by atoms with Crippen molar-refractivity contribution in [3.8, 4) is 0 Å². The van der Waals surface area contributed by atoms with E-state index in [0.717, 1.165) is 6.42 Å². The highest BCUT2D eigenvalue weighted by molar-refractivity contribution is 6.74. The van der Waals surface area contributed by atoms with Crippen molar-refractivity contribution in [1.29, 1.82) is 0 Å². The average molecular weight is 268 g/mol. The molecule has 4 heteroatoms. The fourth-order valence-electron chi connectivity index (χ4n) is 2.28. The SMILES string of the molecule is CC(C)(C)[Si](C)(C)OC[C@@H]1OC(=O)[C@H]2CC=C[C@@H]12. The van der Waals surface area contributed by atoms with Crippen LogP contribution in [0.4, 0.5) is 0 Å². The predicted octanol–water partition coefficient (Wildman–Crippen LogP) is 3.13. The van der Waals surface area contributed by atoms with Gasteiger partial charge in [0.15, 0.2) is 8.32 Å². The first-order valence-corrected chi connectivity index (χ1v) is 9.64. The van der Waals surface area contributed by atoms with Gasteiger partial charge in [-0.25, -0.2) is 0 Å². The molecule has 1 aliphatic heterocycles. The number of rotatable bonds is 3. The van der Waals surface area contributed by atoms with E-state index < -0.39 is 8.32 Å². The number of hydrogen-bond acceptors (Lipinski definition) is 3.